The molecule has 17 heavy (non-hydrogen) atoms. The van der Waals surface area contributed by atoms with Gasteiger partial charge in [0.15, 0.2) is 0 Å². The molecule has 0 saturated carbocycles. The second-order valence-corrected chi connectivity index (χ2v) is 4.77. The summed E-state index contributed by atoms with van der Waals surface area (Å²) in [7, 11) is -1.18. The van der Waals surface area contributed by atoms with Gasteiger partial charge in [0, 0.05) is 5.57 Å². The van der Waals surface area contributed by atoms with Gasteiger partial charge in [-0.25, -0.2) is 14.6 Å². The quantitative estimate of drug-likeness (QED) is 0.218. The Morgan fingerprint density at radius 3 is 2.18 bits per heavy atom. The standard InChI is InChI=1S/C9H17O7P/c1-5-14-9(10)8(2)6-7-17(11,15-12-3)16-13-4/h6H,5,7H2,1-4H3. The molecular formula is C9H17O7P. The van der Waals surface area contributed by atoms with E-state index < -0.39 is 13.6 Å². The van der Waals surface area contributed by atoms with Crippen LogP contribution in [0.2, 0.25) is 0 Å². The highest BCUT2D eigenvalue weighted by Gasteiger charge is 2.26. The lowest BCUT2D eigenvalue weighted by atomic mass is 10.3. The molecule has 0 aliphatic carbocycles. The van der Waals surface area contributed by atoms with E-state index in [4.69, 9.17) is 4.74 Å². The topological polar surface area (TPSA) is 80.3 Å². The zero-order valence-corrected chi connectivity index (χ0v) is 11.2. The average Bonchev–Trinajstić information content (AvgIpc) is 2.27. The van der Waals surface area contributed by atoms with Crippen molar-refractivity contribution in [2.24, 2.45) is 0 Å². The zero-order valence-electron chi connectivity index (χ0n) is 10.3. The fourth-order valence-electron chi connectivity index (χ4n) is 0.877. The molecule has 0 spiro atoms. The summed E-state index contributed by atoms with van der Waals surface area (Å²) >= 11 is 0. The van der Waals surface area contributed by atoms with Crippen LogP contribution >= 0.6 is 7.60 Å². The lowest BCUT2D eigenvalue weighted by Gasteiger charge is -2.12. The number of rotatable bonds is 8. The number of allylic oxidation sites excluding steroid dienone is 1. The van der Waals surface area contributed by atoms with Gasteiger partial charge in [0.05, 0.1) is 27.0 Å². The van der Waals surface area contributed by atoms with Crippen LogP contribution in [0.5, 0.6) is 0 Å². The van der Waals surface area contributed by atoms with Gasteiger partial charge < -0.3 is 4.74 Å². The monoisotopic (exact) mass is 268 g/mol. The summed E-state index contributed by atoms with van der Waals surface area (Å²) in [5.74, 6) is -0.492. The molecule has 0 atom stereocenters. The van der Waals surface area contributed by atoms with E-state index in [-0.39, 0.29) is 12.8 Å². The number of carbonyl (C=O) groups is 1. The molecule has 0 heterocycles. The Hall–Kier alpha value is -0.720. The van der Waals surface area contributed by atoms with Crippen LogP contribution in [0.1, 0.15) is 13.8 Å². The van der Waals surface area contributed by atoms with Gasteiger partial charge in [-0.2, -0.15) is 0 Å². The normalized spacial score (nSPS) is 12.6. The molecule has 0 radical (unpaired) electrons. The third kappa shape index (κ3) is 6.55. The minimum Gasteiger partial charge on any atom is -0.463 e. The Kier molecular flexibility index (Phi) is 8.03. The van der Waals surface area contributed by atoms with Crippen LogP contribution < -0.4 is 0 Å². The van der Waals surface area contributed by atoms with Crippen molar-refractivity contribution in [1.29, 1.82) is 0 Å². The molecule has 0 aromatic carbocycles. The van der Waals surface area contributed by atoms with E-state index in [1.165, 1.54) is 27.2 Å². The van der Waals surface area contributed by atoms with Crippen LogP contribution in [0.3, 0.4) is 0 Å². The minimum absolute atomic E-state index is 0.167. The maximum Gasteiger partial charge on any atom is 0.387 e. The maximum atomic E-state index is 11.8. The van der Waals surface area contributed by atoms with Crippen molar-refractivity contribution < 1.29 is 33.2 Å². The summed E-state index contributed by atoms with van der Waals surface area (Å²) < 4.78 is 25.5. The van der Waals surface area contributed by atoms with Gasteiger partial charge in [0.2, 0.25) is 0 Å². The van der Waals surface area contributed by atoms with E-state index in [1.54, 1.807) is 6.92 Å². The van der Waals surface area contributed by atoms with Gasteiger partial charge >= 0.3 is 13.6 Å². The summed E-state index contributed by atoms with van der Waals surface area (Å²) in [5, 5.41) is 0. The Morgan fingerprint density at radius 1 is 1.24 bits per heavy atom. The van der Waals surface area contributed by atoms with Crippen molar-refractivity contribution in [3.8, 4) is 0 Å². The van der Waals surface area contributed by atoms with Crippen LogP contribution in [0, 0.1) is 0 Å². The smallest absolute Gasteiger partial charge is 0.387 e. The Labute approximate surface area is 100 Å². The largest absolute Gasteiger partial charge is 0.463 e. The molecule has 0 rings (SSSR count). The Bertz CT molecular complexity index is 302. The summed E-state index contributed by atoms with van der Waals surface area (Å²) in [6, 6.07) is 0. The van der Waals surface area contributed by atoms with Gasteiger partial charge in [0.25, 0.3) is 0 Å². The molecule has 0 amide bonds. The fraction of sp³-hybridized carbons (Fsp3) is 0.667. The van der Waals surface area contributed by atoms with Gasteiger partial charge in [-0.05, 0) is 13.8 Å². The summed E-state index contributed by atoms with van der Waals surface area (Å²) in [6.45, 7) is 3.49. The van der Waals surface area contributed by atoms with Gasteiger partial charge in [0.1, 0.15) is 0 Å². The second kappa shape index (κ2) is 8.38. The number of esters is 1. The van der Waals surface area contributed by atoms with Crippen molar-refractivity contribution >= 4 is 13.6 Å². The summed E-state index contributed by atoms with van der Waals surface area (Å²) in [5.41, 5.74) is 0.298. The van der Waals surface area contributed by atoms with E-state index in [0.29, 0.717) is 5.57 Å². The molecule has 7 nitrogen and oxygen atoms in total. The third-order valence-electron chi connectivity index (χ3n) is 1.59. The van der Waals surface area contributed by atoms with Gasteiger partial charge in [-0.15, -0.1) is 9.35 Å². The van der Waals surface area contributed by atoms with Crippen LogP contribution in [0.4, 0.5) is 0 Å². The van der Waals surface area contributed by atoms with E-state index in [9.17, 15) is 9.36 Å². The molecule has 0 saturated heterocycles. The zero-order chi connectivity index (χ0) is 13.3. The summed E-state index contributed by atoms with van der Waals surface area (Å²) in [4.78, 5) is 19.8. The van der Waals surface area contributed by atoms with Crippen molar-refractivity contribution in [1.82, 2.24) is 0 Å². The first-order valence-corrected chi connectivity index (χ1v) is 6.59. The van der Waals surface area contributed by atoms with Crippen molar-refractivity contribution in [2.45, 2.75) is 13.8 Å². The molecule has 0 aromatic rings. The highest BCUT2D eigenvalue weighted by Crippen LogP contribution is 2.48. The third-order valence-corrected chi connectivity index (χ3v) is 2.98. The molecule has 0 N–H and O–H groups in total. The first kappa shape index (κ1) is 16.3. The molecule has 0 unspecified atom stereocenters. The maximum absolute atomic E-state index is 11.8. The molecule has 0 bridgehead atoms. The molecule has 0 aliphatic rings. The molecular weight excluding hydrogens is 251 g/mol. The van der Waals surface area contributed by atoms with Gasteiger partial charge in [-0.1, -0.05) is 6.08 Å². The minimum atomic E-state index is -3.56. The Balaban J connectivity index is 4.52. The average molecular weight is 268 g/mol. The SMILES string of the molecule is CCOC(=O)C(C)=CCP(=O)(OOC)OOC. The number of hydrogen-bond donors (Lipinski definition) is 0. The van der Waals surface area contributed by atoms with E-state index in [1.807, 2.05) is 0 Å². The first-order chi connectivity index (χ1) is 7.99. The molecule has 0 aliphatic heterocycles. The van der Waals surface area contributed by atoms with Crippen LogP contribution in [0.25, 0.3) is 0 Å². The van der Waals surface area contributed by atoms with Crippen molar-refractivity contribution in [2.75, 3.05) is 27.0 Å². The number of hydrogen-bond acceptors (Lipinski definition) is 7. The molecule has 0 fully saturated rings. The predicted molar refractivity (Wildman–Crippen MR) is 59.1 cm³/mol. The van der Waals surface area contributed by atoms with E-state index in [2.05, 4.69) is 19.1 Å². The lowest BCUT2D eigenvalue weighted by molar-refractivity contribution is -0.241. The van der Waals surface area contributed by atoms with Gasteiger partial charge in [-0.3, -0.25) is 4.57 Å². The molecule has 100 valence electrons. The molecule has 8 heteroatoms. The fourth-order valence-corrected chi connectivity index (χ4v) is 1.98. The second-order valence-electron chi connectivity index (χ2n) is 2.88. The van der Waals surface area contributed by atoms with Crippen LogP contribution in [-0.4, -0.2) is 33.0 Å². The van der Waals surface area contributed by atoms with Crippen LogP contribution in [-0.2, 0) is 33.2 Å². The van der Waals surface area contributed by atoms with E-state index >= 15 is 0 Å². The summed E-state index contributed by atoms with van der Waals surface area (Å²) in [6.07, 6.45) is 1.20. The number of carbonyl (C=O) groups excluding carboxylic acids is 1. The van der Waals surface area contributed by atoms with Crippen molar-refractivity contribution in [3.05, 3.63) is 11.6 Å². The highest BCUT2D eigenvalue weighted by atomic mass is 31.2. The van der Waals surface area contributed by atoms with Crippen LogP contribution in [0.15, 0.2) is 11.6 Å². The Morgan fingerprint density at radius 2 is 1.76 bits per heavy atom. The highest BCUT2D eigenvalue weighted by molar-refractivity contribution is 7.53. The predicted octanol–water partition coefficient (Wildman–Crippen LogP) is 1.84. The first-order valence-electron chi connectivity index (χ1n) is 4.86. The lowest BCUT2D eigenvalue weighted by Crippen LogP contribution is -2.06. The van der Waals surface area contributed by atoms with E-state index in [0.717, 1.165) is 0 Å². The van der Waals surface area contributed by atoms with Crippen molar-refractivity contribution in [3.63, 3.8) is 0 Å². The number of ether oxygens (including phenoxy) is 1. The molecule has 0 aromatic heterocycles.